The molecule has 0 spiro atoms. The van der Waals surface area contributed by atoms with E-state index in [2.05, 4.69) is 30.5 Å². The number of hydrogen-bond donors (Lipinski definition) is 2. The van der Waals surface area contributed by atoms with Crippen LogP contribution in [0.1, 0.15) is 23.6 Å². The van der Waals surface area contributed by atoms with Gasteiger partial charge in [0.2, 0.25) is 11.8 Å². The highest BCUT2D eigenvalue weighted by Gasteiger charge is 2.32. The molecule has 10 heteroatoms. The summed E-state index contributed by atoms with van der Waals surface area (Å²) in [6.07, 6.45) is 2.99. The molecular formula is C25H28N6O3S. The van der Waals surface area contributed by atoms with E-state index in [0.717, 1.165) is 59.1 Å². The Morgan fingerprint density at radius 2 is 2.23 bits per heavy atom. The molecular weight excluding hydrogens is 464 g/mol. The number of nitrogens with zero attached hydrogens (tertiary/aromatic N) is 4. The Balaban J connectivity index is 1.04. The lowest BCUT2D eigenvalue weighted by atomic mass is 9.99. The number of ether oxygens (including phenoxy) is 2. The number of amides is 1. The Hall–Kier alpha value is -2.95. The fraction of sp³-hybridized carbons (Fsp3) is 0.440. The van der Waals surface area contributed by atoms with Crippen molar-refractivity contribution in [2.24, 2.45) is 5.92 Å². The maximum absolute atomic E-state index is 11.6. The zero-order chi connectivity index (χ0) is 23.8. The first-order valence-corrected chi connectivity index (χ1v) is 13.0. The maximum Gasteiger partial charge on any atom is 0.235 e. The van der Waals surface area contributed by atoms with Crippen LogP contribution < -0.4 is 20.1 Å². The molecule has 3 aliphatic rings. The van der Waals surface area contributed by atoms with Gasteiger partial charge in [-0.05, 0) is 43.6 Å². The van der Waals surface area contributed by atoms with E-state index in [1.165, 1.54) is 18.2 Å². The molecule has 35 heavy (non-hydrogen) atoms. The molecule has 0 saturated carbocycles. The minimum atomic E-state index is 0.0145. The van der Waals surface area contributed by atoms with Crippen LogP contribution in [0.15, 0.2) is 35.4 Å². The van der Waals surface area contributed by atoms with E-state index in [9.17, 15) is 4.79 Å². The standard InChI is InChI=1S/C25H28N6O3S/c1-33-22-5-3-18-24(30-22)23-16(13-34-19(23)10-27-18)12-31-7-6-15(11-31)8-26-9-17-2-4-20-25(28-17)29-21(32)14-35-20/h2-5,10,15-16,26H,6-9,11-14H2,1H3,(H,28,29,32)/t15-,16?/m0/s1. The average molecular weight is 493 g/mol. The Kier molecular flexibility index (Phi) is 6.17. The number of hydrogen-bond acceptors (Lipinski definition) is 9. The second kappa shape index (κ2) is 9.60. The molecule has 0 aliphatic carbocycles. The lowest BCUT2D eigenvalue weighted by Crippen LogP contribution is -2.30. The number of nitrogens with one attached hydrogen (secondary N) is 2. The topological polar surface area (TPSA) is 102 Å². The van der Waals surface area contributed by atoms with Crippen LogP contribution in [0.3, 0.4) is 0 Å². The summed E-state index contributed by atoms with van der Waals surface area (Å²) in [5, 5.41) is 6.43. The molecule has 1 amide bonds. The summed E-state index contributed by atoms with van der Waals surface area (Å²) in [5.41, 5.74) is 3.86. The van der Waals surface area contributed by atoms with E-state index in [1.54, 1.807) is 7.11 Å². The first-order chi connectivity index (χ1) is 17.2. The van der Waals surface area contributed by atoms with Crippen LogP contribution in [-0.4, -0.2) is 71.4 Å². The van der Waals surface area contributed by atoms with Crippen molar-refractivity contribution in [2.45, 2.75) is 23.8 Å². The van der Waals surface area contributed by atoms with Gasteiger partial charge < -0.3 is 25.0 Å². The molecule has 6 rings (SSSR count). The van der Waals surface area contributed by atoms with Crippen molar-refractivity contribution >= 4 is 34.5 Å². The van der Waals surface area contributed by atoms with Crippen LogP contribution in [0.2, 0.25) is 0 Å². The molecule has 1 saturated heterocycles. The Morgan fingerprint density at radius 3 is 3.14 bits per heavy atom. The van der Waals surface area contributed by atoms with Crippen LogP contribution in [-0.2, 0) is 11.3 Å². The van der Waals surface area contributed by atoms with Gasteiger partial charge in [0, 0.05) is 37.2 Å². The third-order valence-electron chi connectivity index (χ3n) is 6.87. The first-order valence-electron chi connectivity index (χ1n) is 12.0. The van der Waals surface area contributed by atoms with Crippen molar-refractivity contribution in [2.75, 3.05) is 51.0 Å². The van der Waals surface area contributed by atoms with Gasteiger partial charge in [-0.2, -0.15) is 0 Å². The summed E-state index contributed by atoms with van der Waals surface area (Å²) in [4.78, 5) is 29.0. The van der Waals surface area contributed by atoms with Gasteiger partial charge in [0.05, 0.1) is 41.8 Å². The Labute approximate surface area is 208 Å². The second-order valence-electron chi connectivity index (χ2n) is 9.30. The quantitative estimate of drug-likeness (QED) is 0.515. The van der Waals surface area contributed by atoms with Crippen LogP contribution in [0.4, 0.5) is 5.82 Å². The molecule has 182 valence electrons. The smallest absolute Gasteiger partial charge is 0.235 e. The third-order valence-corrected chi connectivity index (χ3v) is 7.91. The van der Waals surface area contributed by atoms with Crippen molar-refractivity contribution in [3.63, 3.8) is 0 Å². The van der Waals surface area contributed by atoms with Crippen molar-refractivity contribution < 1.29 is 14.3 Å². The van der Waals surface area contributed by atoms with Crippen molar-refractivity contribution in [1.82, 2.24) is 25.2 Å². The normalized spacial score (nSPS) is 21.5. The largest absolute Gasteiger partial charge is 0.491 e. The first kappa shape index (κ1) is 22.5. The summed E-state index contributed by atoms with van der Waals surface area (Å²) < 4.78 is 11.3. The van der Waals surface area contributed by atoms with Crippen LogP contribution in [0.5, 0.6) is 11.6 Å². The van der Waals surface area contributed by atoms with E-state index in [0.29, 0.717) is 36.5 Å². The summed E-state index contributed by atoms with van der Waals surface area (Å²) in [5.74, 6) is 3.47. The highest BCUT2D eigenvalue weighted by Crippen LogP contribution is 2.39. The molecule has 0 aromatic carbocycles. The average Bonchev–Trinajstić information content (AvgIpc) is 3.50. The van der Waals surface area contributed by atoms with Crippen LogP contribution in [0.25, 0.3) is 11.0 Å². The van der Waals surface area contributed by atoms with E-state index >= 15 is 0 Å². The number of thioether (sulfide) groups is 1. The van der Waals surface area contributed by atoms with Crippen molar-refractivity contribution in [3.8, 4) is 11.6 Å². The van der Waals surface area contributed by atoms with E-state index < -0.39 is 0 Å². The molecule has 2 atom stereocenters. The molecule has 3 aliphatic heterocycles. The monoisotopic (exact) mass is 492 g/mol. The number of methoxy groups -OCH3 is 1. The highest BCUT2D eigenvalue weighted by atomic mass is 32.2. The van der Waals surface area contributed by atoms with Crippen molar-refractivity contribution in [3.05, 3.63) is 41.7 Å². The summed E-state index contributed by atoms with van der Waals surface area (Å²) in [6.45, 7) is 5.39. The molecule has 9 nitrogen and oxygen atoms in total. The van der Waals surface area contributed by atoms with Gasteiger partial charge in [0.1, 0.15) is 17.1 Å². The SMILES string of the molecule is COc1ccc2ncc3c(c2n1)C(CN1CC[C@@H](CNCc2ccc4c(n2)NC(=O)CS4)C1)CO3. The predicted octanol–water partition coefficient (Wildman–Crippen LogP) is 2.67. The van der Waals surface area contributed by atoms with Gasteiger partial charge in [-0.3, -0.25) is 9.78 Å². The molecule has 1 unspecified atom stereocenters. The predicted molar refractivity (Wildman–Crippen MR) is 134 cm³/mol. The molecule has 6 heterocycles. The van der Waals surface area contributed by atoms with Gasteiger partial charge in [0.15, 0.2) is 0 Å². The minimum absolute atomic E-state index is 0.0145. The number of carbonyl (C=O) groups is 1. The zero-order valence-corrected chi connectivity index (χ0v) is 20.4. The molecule has 3 aromatic rings. The van der Waals surface area contributed by atoms with E-state index in [4.69, 9.17) is 9.47 Å². The molecule has 1 fully saturated rings. The summed E-state index contributed by atoms with van der Waals surface area (Å²) in [7, 11) is 1.63. The van der Waals surface area contributed by atoms with E-state index in [1.807, 2.05) is 30.5 Å². The number of aromatic nitrogens is 3. The van der Waals surface area contributed by atoms with Crippen molar-refractivity contribution in [1.29, 1.82) is 0 Å². The number of carbonyl (C=O) groups excluding carboxylic acids is 1. The summed E-state index contributed by atoms with van der Waals surface area (Å²) >= 11 is 1.54. The number of likely N-dealkylation sites (tertiary alicyclic amines) is 1. The molecule has 3 aromatic heterocycles. The zero-order valence-electron chi connectivity index (χ0n) is 19.6. The number of pyridine rings is 3. The van der Waals surface area contributed by atoms with E-state index in [-0.39, 0.29) is 11.8 Å². The number of rotatable bonds is 7. The van der Waals surface area contributed by atoms with Gasteiger partial charge in [-0.15, -0.1) is 11.8 Å². The molecule has 2 N–H and O–H groups in total. The fourth-order valence-corrected chi connectivity index (χ4v) is 5.91. The third kappa shape index (κ3) is 4.65. The van der Waals surface area contributed by atoms with Gasteiger partial charge in [0.25, 0.3) is 0 Å². The van der Waals surface area contributed by atoms with Crippen LogP contribution in [0, 0.1) is 5.92 Å². The lowest BCUT2D eigenvalue weighted by Gasteiger charge is -2.20. The van der Waals surface area contributed by atoms with Crippen LogP contribution >= 0.6 is 11.8 Å². The van der Waals surface area contributed by atoms with Gasteiger partial charge in [-0.1, -0.05) is 0 Å². The lowest BCUT2D eigenvalue weighted by molar-refractivity contribution is -0.113. The fourth-order valence-electron chi connectivity index (χ4n) is 5.16. The van der Waals surface area contributed by atoms with Gasteiger partial charge in [-0.25, -0.2) is 9.97 Å². The highest BCUT2D eigenvalue weighted by molar-refractivity contribution is 8.00. The number of fused-ring (bicyclic) bond motifs is 4. The molecule has 0 radical (unpaired) electrons. The second-order valence-corrected chi connectivity index (χ2v) is 10.3. The molecule has 0 bridgehead atoms. The minimum Gasteiger partial charge on any atom is -0.491 e. The van der Waals surface area contributed by atoms with Gasteiger partial charge >= 0.3 is 0 Å². The Bertz CT molecular complexity index is 1270. The maximum atomic E-state index is 11.6. The number of anilines is 1. The Morgan fingerprint density at radius 1 is 1.29 bits per heavy atom. The summed E-state index contributed by atoms with van der Waals surface area (Å²) in [6, 6.07) is 7.89.